The first-order valence-electron chi connectivity index (χ1n) is 8.91. The van der Waals surface area contributed by atoms with Crippen molar-refractivity contribution < 1.29 is 9.53 Å². The zero-order chi connectivity index (χ0) is 18.5. The smallest absolute Gasteiger partial charge is 0.253 e. The van der Waals surface area contributed by atoms with Gasteiger partial charge in [0.2, 0.25) is 0 Å². The number of nitrogen functional groups attached to an aromatic ring is 1. The molecule has 5 nitrogen and oxygen atoms in total. The number of ether oxygens (including phenoxy) is 1. The zero-order valence-corrected chi connectivity index (χ0v) is 15.7. The molecule has 0 aliphatic carbocycles. The molecule has 1 amide bonds. The van der Waals surface area contributed by atoms with Crippen LogP contribution in [0.4, 0.5) is 11.4 Å². The maximum absolute atomic E-state index is 12.7. The molecule has 0 radical (unpaired) electrons. The van der Waals surface area contributed by atoms with Crippen LogP contribution < -0.4 is 15.4 Å². The van der Waals surface area contributed by atoms with Gasteiger partial charge in [-0.15, -0.1) is 0 Å². The van der Waals surface area contributed by atoms with Crippen molar-refractivity contribution in [1.29, 1.82) is 0 Å². The molecule has 1 aliphatic heterocycles. The average molecular weight is 374 g/mol. The van der Waals surface area contributed by atoms with Crippen molar-refractivity contribution in [2.24, 2.45) is 0 Å². The van der Waals surface area contributed by atoms with Crippen LogP contribution in [0.5, 0.6) is 5.75 Å². The number of carbonyl (C=O) groups excluding carboxylic acids is 1. The number of para-hydroxylation sites is 1. The molecular weight excluding hydrogens is 350 g/mol. The number of halogens is 1. The Bertz CT molecular complexity index is 736. The van der Waals surface area contributed by atoms with Gasteiger partial charge in [0.05, 0.1) is 23.0 Å². The molecule has 0 spiro atoms. The fourth-order valence-electron chi connectivity index (χ4n) is 3.10. The van der Waals surface area contributed by atoms with Gasteiger partial charge >= 0.3 is 0 Å². The Labute approximate surface area is 159 Å². The largest absolute Gasteiger partial charge is 0.494 e. The Morgan fingerprint density at radius 1 is 1.12 bits per heavy atom. The fraction of sp³-hybridized carbons (Fsp3) is 0.350. The highest BCUT2D eigenvalue weighted by Gasteiger charge is 2.24. The second kappa shape index (κ2) is 8.32. The Balaban J connectivity index is 1.61. The van der Waals surface area contributed by atoms with E-state index in [2.05, 4.69) is 11.8 Å². The summed E-state index contributed by atoms with van der Waals surface area (Å²) in [6, 6.07) is 12.9. The van der Waals surface area contributed by atoms with Gasteiger partial charge in [0.15, 0.2) is 0 Å². The van der Waals surface area contributed by atoms with E-state index >= 15 is 0 Å². The maximum Gasteiger partial charge on any atom is 0.253 e. The van der Waals surface area contributed by atoms with Crippen LogP contribution in [0.3, 0.4) is 0 Å². The minimum Gasteiger partial charge on any atom is -0.494 e. The van der Waals surface area contributed by atoms with E-state index in [9.17, 15) is 4.79 Å². The normalized spacial score (nSPS) is 14.4. The van der Waals surface area contributed by atoms with Crippen molar-refractivity contribution in [3.63, 3.8) is 0 Å². The second-order valence-electron chi connectivity index (χ2n) is 6.33. The molecule has 3 rings (SSSR count). The molecule has 0 atom stereocenters. The summed E-state index contributed by atoms with van der Waals surface area (Å²) in [6.07, 6.45) is 0.959. The molecule has 138 valence electrons. The molecule has 1 saturated heterocycles. The van der Waals surface area contributed by atoms with Gasteiger partial charge in [0.1, 0.15) is 5.75 Å². The van der Waals surface area contributed by atoms with E-state index in [1.54, 1.807) is 0 Å². The topological polar surface area (TPSA) is 58.8 Å². The minimum atomic E-state index is 0.0406. The average Bonchev–Trinajstić information content (AvgIpc) is 2.67. The van der Waals surface area contributed by atoms with Crippen LogP contribution >= 0.6 is 11.6 Å². The first-order chi connectivity index (χ1) is 12.6. The van der Waals surface area contributed by atoms with E-state index in [0.717, 1.165) is 17.9 Å². The fourth-order valence-corrected chi connectivity index (χ4v) is 3.40. The Kier molecular flexibility index (Phi) is 5.89. The maximum atomic E-state index is 12.7. The molecule has 0 unspecified atom stereocenters. The predicted molar refractivity (Wildman–Crippen MR) is 106 cm³/mol. The summed E-state index contributed by atoms with van der Waals surface area (Å²) in [5.74, 6) is 0.834. The third-order valence-corrected chi connectivity index (χ3v) is 4.78. The number of nitrogens with zero attached hydrogens (tertiary/aromatic N) is 2. The van der Waals surface area contributed by atoms with Crippen LogP contribution in [0.2, 0.25) is 5.02 Å². The minimum absolute atomic E-state index is 0.0406. The van der Waals surface area contributed by atoms with E-state index in [4.69, 9.17) is 22.1 Å². The summed E-state index contributed by atoms with van der Waals surface area (Å²) in [7, 11) is 0. The summed E-state index contributed by atoms with van der Waals surface area (Å²) in [5, 5.41) is 0.646. The number of amides is 1. The highest BCUT2D eigenvalue weighted by molar-refractivity contribution is 6.34. The molecule has 1 aliphatic rings. The second-order valence-corrected chi connectivity index (χ2v) is 6.74. The van der Waals surface area contributed by atoms with Gasteiger partial charge in [-0.25, -0.2) is 0 Å². The summed E-state index contributed by atoms with van der Waals surface area (Å²) < 4.78 is 5.56. The quantitative estimate of drug-likeness (QED) is 0.812. The van der Waals surface area contributed by atoms with E-state index in [1.807, 2.05) is 47.4 Å². The van der Waals surface area contributed by atoms with Crippen molar-refractivity contribution in [2.75, 3.05) is 43.4 Å². The van der Waals surface area contributed by atoms with Crippen molar-refractivity contribution in [2.45, 2.75) is 13.3 Å². The molecule has 2 aromatic carbocycles. The third-order valence-electron chi connectivity index (χ3n) is 4.48. The van der Waals surface area contributed by atoms with Gasteiger partial charge in [-0.05, 0) is 42.8 Å². The predicted octanol–water partition coefficient (Wildman–Crippen LogP) is 3.67. The van der Waals surface area contributed by atoms with Gasteiger partial charge in [0.25, 0.3) is 5.91 Å². The molecule has 1 fully saturated rings. The number of nitrogens with two attached hydrogens (primary N) is 1. The lowest BCUT2D eigenvalue weighted by atomic mass is 10.1. The van der Waals surface area contributed by atoms with Gasteiger partial charge in [-0.1, -0.05) is 24.6 Å². The number of hydrogen-bond acceptors (Lipinski definition) is 4. The van der Waals surface area contributed by atoms with Crippen LogP contribution in [0.15, 0.2) is 42.5 Å². The van der Waals surface area contributed by atoms with Gasteiger partial charge in [-0.3, -0.25) is 4.79 Å². The molecule has 26 heavy (non-hydrogen) atoms. The van der Waals surface area contributed by atoms with Gasteiger partial charge in [0, 0.05) is 31.7 Å². The van der Waals surface area contributed by atoms with Crippen LogP contribution in [0.1, 0.15) is 23.7 Å². The molecule has 0 aromatic heterocycles. The molecule has 0 bridgehead atoms. The number of rotatable bonds is 5. The molecule has 6 heteroatoms. The Hall–Kier alpha value is -2.40. The Morgan fingerprint density at radius 3 is 2.42 bits per heavy atom. The molecule has 1 heterocycles. The number of benzene rings is 2. The van der Waals surface area contributed by atoms with Crippen LogP contribution in [0.25, 0.3) is 0 Å². The van der Waals surface area contributed by atoms with Crippen LogP contribution in [0, 0.1) is 0 Å². The SMILES string of the molecule is CCCOc1ccc(C(=O)N2CCN(c3c(N)cccc3Cl)CC2)cc1. The first-order valence-corrected chi connectivity index (χ1v) is 9.29. The van der Waals surface area contributed by atoms with Crippen LogP contribution in [-0.4, -0.2) is 43.6 Å². The zero-order valence-electron chi connectivity index (χ0n) is 15.0. The summed E-state index contributed by atoms with van der Waals surface area (Å²) in [5.41, 5.74) is 8.27. The monoisotopic (exact) mass is 373 g/mol. The van der Waals surface area contributed by atoms with E-state index in [1.165, 1.54) is 0 Å². The molecule has 0 saturated carbocycles. The standard InChI is InChI=1S/C20H24ClN3O2/c1-2-14-26-16-8-6-15(7-9-16)20(25)24-12-10-23(11-13-24)19-17(21)4-3-5-18(19)22/h3-9H,2,10-14,22H2,1H3. The van der Waals surface area contributed by atoms with Gasteiger partial charge in [-0.2, -0.15) is 0 Å². The molecule has 2 aromatic rings. The van der Waals surface area contributed by atoms with Gasteiger partial charge < -0.3 is 20.3 Å². The molecule has 2 N–H and O–H groups in total. The summed E-state index contributed by atoms with van der Waals surface area (Å²) >= 11 is 6.29. The third kappa shape index (κ3) is 4.05. The number of anilines is 2. The lowest BCUT2D eigenvalue weighted by Crippen LogP contribution is -2.49. The summed E-state index contributed by atoms with van der Waals surface area (Å²) in [4.78, 5) is 16.7. The number of hydrogen-bond donors (Lipinski definition) is 1. The first kappa shape index (κ1) is 18.4. The number of piperazine rings is 1. The van der Waals surface area contributed by atoms with Crippen molar-refractivity contribution in [1.82, 2.24) is 4.90 Å². The molecular formula is C20H24ClN3O2. The number of carbonyl (C=O) groups is 1. The van der Waals surface area contributed by atoms with E-state index in [-0.39, 0.29) is 5.91 Å². The van der Waals surface area contributed by atoms with Crippen molar-refractivity contribution >= 4 is 28.9 Å². The highest BCUT2D eigenvalue weighted by atomic mass is 35.5. The van der Waals surface area contributed by atoms with Crippen molar-refractivity contribution in [3.8, 4) is 5.75 Å². The van der Waals surface area contributed by atoms with Crippen molar-refractivity contribution in [3.05, 3.63) is 53.1 Å². The lowest BCUT2D eigenvalue weighted by molar-refractivity contribution is 0.0747. The lowest BCUT2D eigenvalue weighted by Gasteiger charge is -2.37. The van der Waals surface area contributed by atoms with E-state index < -0.39 is 0 Å². The summed E-state index contributed by atoms with van der Waals surface area (Å²) in [6.45, 7) is 5.43. The Morgan fingerprint density at radius 2 is 1.81 bits per heavy atom. The van der Waals surface area contributed by atoms with Crippen LogP contribution in [-0.2, 0) is 0 Å². The highest BCUT2D eigenvalue weighted by Crippen LogP contribution is 2.32. The van der Waals surface area contributed by atoms with E-state index in [0.29, 0.717) is 49.1 Å².